The molecule has 1 amide bonds. The number of benzene rings is 2. The molecular formula is C18H17ClF2N2O4. The summed E-state index contributed by atoms with van der Waals surface area (Å²) in [7, 11) is 0. The molecule has 0 spiro atoms. The Labute approximate surface area is 159 Å². The van der Waals surface area contributed by atoms with E-state index in [-0.39, 0.29) is 24.7 Å². The first kappa shape index (κ1) is 20.4. The van der Waals surface area contributed by atoms with Crippen molar-refractivity contribution in [2.75, 3.05) is 13.2 Å². The second-order valence-electron chi connectivity index (χ2n) is 5.05. The Kier molecular flexibility index (Phi) is 7.81. The van der Waals surface area contributed by atoms with E-state index in [0.717, 1.165) is 0 Å². The minimum atomic E-state index is -2.95. The Balaban J connectivity index is 1.89. The average Bonchev–Trinajstić information content (AvgIpc) is 2.63. The van der Waals surface area contributed by atoms with Gasteiger partial charge in [-0.1, -0.05) is 11.6 Å². The highest BCUT2D eigenvalue weighted by Gasteiger charge is 2.11. The summed E-state index contributed by atoms with van der Waals surface area (Å²) in [6.07, 6.45) is 1.34. The Bertz CT molecular complexity index is 785. The maximum Gasteiger partial charge on any atom is 0.387 e. The average molecular weight is 399 g/mol. The quantitative estimate of drug-likeness (QED) is 0.514. The molecule has 0 aliphatic heterocycles. The van der Waals surface area contributed by atoms with Crippen LogP contribution in [0.1, 0.15) is 12.5 Å². The van der Waals surface area contributed by atoms with Crippen LogP contribution in [0.2, 0.25) is 5.02 Å². The number of hydrogen-bond acceptors (Lipinski definition) is 5. The molecule has 2 aromatic rings. The minimum Gasteiger partial charge on any atom is -0.490 e. The molecule has 0 unspecified atom stereocenters. The summed E-state index contributed by atoms with van der Waals surface area (Å²) >= 11 is 5.76. The molecule has 0 aromatic heterocycles. The van der Waals surface area contributed by atoms with E-state index in [4.69, 9.17) is 21.1 Å². The van der Waals surface area contributed by atoms with Crippen LogP contribution in [0, 0.1) is 0 Å². The van der Waals surface area contributed by atoms with Gasteiger partial charge in [-0.25, -0.2) is 5.43 Å². The zero-order valence-electron chi connectivity index (χ0n) is 14.3. The number of carbonyl (C=O) groups is 1. The van der Waals surface area contributed by atoms with Crippen molar-refractivity contribution in [3.8, 4) is 17.2 Å². The third-order valence-electron chi connectivity index (χ3n) is 3.07. The van der Waals surface area contributed by atoms with Crippen LogP contribution in [-0.4, -0.2) is 31.9 Å². The van der Waals surface area contributed by atoms with Gasteiger partial charge in [0.1, 0.15) is 5.75 Å². The molecule has 6 nitrogen and oxygen atoms in total. The molecule has 0 atom stereocenters. The molecule has 1 N–H and O–H groups in total. The van der Waals surface area contributed by atoms with E-state index < -0.39 is 12.5 Å². The summed E-state index contributed by atoms with van der Waals surface area (Å²) in [4.78, 5) is 11.7. The molecule has 144 valence electrons. The van der Waals surface area contributed by atoms with E-state index in [9.17, 15) is 13.6 Å². The number of amides is 1. The lowest BCUT2D eigenvalue weighted by atomic mass is 10.2. The molecule has 27 heavy (non-hydrogen) atoms. The monoisotopic (exact) mass is 398 g/mol. The van der Waals surface area contributed by atoms with Gasteiger partial charge in [0.05, 0.1) is 12.8 Å². The largest absolute Gasteiger partial charge is 0.490 e. The van der Waals surface area contributed by atoms with Crippen LogP contribution < -0.4 is 19.6 Å². The van der Waals surface area contributed by atoms with E-state index in [1.165, 1.54) is 24.4 Å². The zero-order valence-corrected chi connectivity index (χ0v) is 15.1. The van der Waals surface area contributed by atoms with E-state index in [2.05, 4.69) is 15.3 Å². The van der Waals surface area contributed by atoms with Gasteiger partial charge in [0.2, 0.25) is 0 Å². The zero-order chi connectivity index (χ0) is 19.6. The number of halogens is 3. The molecule has 0 saturated carbocycles. The Morgan fingerprint density at radius 2 is 1.93 bits per heavy atom. The van der Waals surface area contributed by atoms with Crippen LogP contribution in [0.5, 0.6) is 17.2 Å². The third-order valence-corrected chi connectivity index (χ3v) is 3.32. The molecule has 0 fully saturated rings. The normalized spacial score (nSPS) is 10.9. The summed E-state index contributed by atoms with van der Waals surface area (Å²) in [5, 5.41) is 4.35. The predicted octanol–water partition coefficient (Wildman–Crippen LogP) is 3.87. The van der Waals surface area contributed by atoms with Crippen LogP contribution in [0.4, 0.5) is 8.78 Å². The van der Waals surface area contributed by atoms with Gasteiger partial charge < -0.3 is 14.2 Å². The minimum absolute atomic E-state index is 0.0793. The van der Waals surface area contributed by atoms with Crippen molar-refractivity contribution in [3.05, 3.63) is 53.1 Å². The molecule has 2 aromatic carbocycles. The first-order valence-corrected chi connectivity index (χ1v) is 8.27. The number of ether oxygens (including phenoxy) is 3. The number of carbonyl (C=O) groups excluding carboxylic acids is 1. The van der Waals surface area contributed by atoms with Gasteiger partial charge in [-0.2, -0.15) is 13.9 Å². The highest BCUT2D eigenvalue weighted by molar-refractivity contribution is 6.30. The summed E-state index contributed by atoms with van der Waals surface area (Å²) in [5.74, 6) is 0.0990. The molecule has 0 saturated heterocycles. The fourth-order valence-corrected chi connectivity index (χ4v) is 2.08. The number of nitrogens with zero attached hydrogens (tertiary/aromatic N) is 1. The number of hydrogen-bond donors (Lipinski definition) is 1. The summed E-state index contributed by atoms with van der Waals surface area (Å²) in [5.41, 5.74) is 2.83. The number of alkyl halides is 2. The summed E-state index contributed by atoms with van der Waals surface area (Å²) in [6, 6.07) is 10.9. The van der Waals surface area contributed by atoms with Crippen molar-refractivity contribution in [1.29, 1.82) is 0 Å². The van der Waals surface area contributed by atoms with E-state index in [0.29, 0.717) is 16.3 Å². The molecule has 0 heterocycles. The fourth-order valence-electron chi connectivity index (χ4n) is 1.96. The molecule has 0 bridgehead atoms. The van der Waals surface area contributed by atoms with Crippen molar-refractivity contribution in [1.82, 2.24) is 5.43 Å². The van der Waals surface area contributed by atoms with Gasteiger partial charge in [0.15, 0.2) is 18.1 Å². The second-order valence-corrected chi connectivity index (χ2v) is 5.49. The first-order chi connectivity index (χ1) is 13.0. The number of rotatable bonds is 9. The lowest BCUT2D eigenvalue weighted by Crippen LogP contribution is -2.24. The lowest BCUT2D eigenvalue weighted by molar-refractivity contribution is -0.123. The number of hydrazone groups is 1. The maximum absolute atomic E-state index is 12.4. The maximum atomic E-state index is 12.4. The van der Waals surface area contributed by atoms with Crippen molar-refractivity contribution >= 4 is 23.7 Å². The van der Waals surface area contributed by atoms with Crippen LogP contribution >= 0.6 is 11.6 Å². The smallest absolute Gasteiger partial charge is 0.387 e. The van der Waals surface area contributed by atoms with Crippen LogP contribution in [0.25, 0.3) is 0 Å². The van der Waals surface area contributed by atoms with Crippen molar-refractivity contribution in [2.24, 2.45) is 5.10 Å². The first-order valence-electron chi connectivity index (χ1n) is 7.90. The highest BCUT2D eigenvalue weighted by atomic mass is 35.5. The third kappa shape index (κ3) is 7.10. The van der Waals surface area contributed by atoms with Crippen LogP contribution in [0.15, 0.2) is 47.6 Å². The molecule has 0 aliphatic carbocycles. The van der Waals surface area contributed by atoms with Gasteiger partial charge >= 0.3 is 6.61 Å². The van der Waals surface area contributed by atoms with E-state index in [1.54, 1.807) is 31.2 Å². The van der Waals surface area contributed by atoms with Gasteiger partial charge in [0, 0.05) is 5.02 Å². The number of nitrogens with one attached hydrogen (secondary N) is 1. The van der Waals surface area contributed by atoms with E-state index in [1.807, 2.05) is 0 Å². The van der Waals surface area contributed by atoms with Gasteiger partial charge in [-0.05, 0) is 55.0 Å². The van der Waals surface area contributed by atoms with Crippen molar-refractivity contribution in [2.45, 2.75) is 13.5 Å². The highest BCUT2D eigenvalue weighted by Crippen LogP contribution is 2.29. The van der Waals surface area contributed by atoms with Gasteiger partial charge in [-0.3, -0.25) is 4.79 Å². The summed E-state index contributed by atoms with van der Waals surface area (Å²) in [6.45, 7) is -1.19. The standard InChI is InChI=1S/C18H17ClF2N2O4/c1-2-25-16-9-12(3-8-15(16)27-18(20)21)10-22-23-17(24)11-26-14-6-4-13(19)5-7-14/h3-10,18H,2,11H2,1H3,(H,23,24)/b22-10-. The van der Waals surface area contributed by atoms with Crippen LogP contribution in [0.3, 0.4) is 0 Å². The Morgan fingerprint density at radius 1 is 1.19 bits per heavy atom. The summed E-state index contributed by atoms with van der Waals surface area (Å²) < 4.78 is 39.7. The van der Waals surface area contributed by atoms with E-state index >= 15 is 0 Å². The van der Waals surface area contributed by atoms with Gasteiger partial charge in [-0.15, -0.1) is 0 Å². The molecular weight excluding hydrogens is 382 g/mol. The fraction of sp³-hybridized carbons (Fsp3) is 0.222. The molecule has 2 rings (SSSR count). The van der Waals surface area contributed by atoms with Crippen molar-refractivity contribution in [3.63, 3.8) is 0 Å². The topological polar surface area (TPSA) is 69.2 Å². The predicted molar refractivity (Wildman–Crippen MR) is 96.9 cm³/mol. The molecule has 0 radical (unpaired) electrons. The van der Waals surface area contributed by atoms with Crippen molar-refractivity contribution < 1.29 is 27.8 Å². The Hall–Kier alpha value is -2.87. The van der Waals surface area contributed by atoms with Gasteiger partial charge in [0.25, 0.3) is 5.91 Å². The molecule has 9 heteroatoms. The lowest BCUT2D eigenvalue weighted by Gasteiger charge is -2.11. The Morgan fingerprint density at radius 3 is 2.59 bits per heavy atom. The second kappa shape index (κ2) is 10.3. The van der Waals surface area contributed by atoms with Crippen LogP contribution in [-0.2, 0) is 4.79 Å². The SMILES string of the molecule is CCOc1cc(/C=N\NC(=O)COc2ccc(Cl)cc2)ccc1OC(F)F. The molecule has 0 aliphatic rings.